The number of hydrogen-bond acceptors (Lipinski definition) is 6. The van der Waals surface area contributed by atoms with Gasteiger partial charge in [0, 0.05) is 25.9 Å². The van der Waals surface area contributed by atoms with Gasteiger partial charge in [-0.15, -0.1) is 0 Å². The highest BCUT2D eigenvalue weighted by molar-refractivity contribution is 5.93. The van der Waals surface area contributed by atoms with Gasteiger partial charge in [-0.2, -0.15) is 0 Å². The summed E-state index contributed by atoms with van der Waals surface area (Å²) in [6.07, 6.45) is 0.535. The molecule has 0 saturated heterocycles. The second-order valence-corrected chi connectivity index (χ2v) is 10.1. The highest BCUT2D eigenvalue weighted by Crippen LogP contribution is 2.12. The van der Waals surface area contributed by atoms with Crippen LogP contribution in [0.25, 0.3) is 0 Å². The predicted molar refractivity (Wildman–Crippen MR) is 154 cm³/mol. The van der Waals surface area contributed by atoms with Crippen LogP contribution in [-0.4, -0.2) is 65.2 Å². The molecular formula is C29H42N6O5. The smallest absolute Gasteiger partial charge is 0.249 e. The zero-order valence-corrected chi connectivity index (χ0v) is 23.2. The molecule has 0 radical (unpaired) electrons. The molecule has 11 nitrogen and oxygen atoms in total. The molecule has 0 bridgehead atoms. The van der Waals surface area contributed by atoms with E-state index in [1.807, 2.05) is 44.2 Å². The van der Waals surface area contributed by atoms with E-state index in [1.54, 1.807) is 12.1 Å². The van der Waals surface area contributed by atoms with Gasteiger partial charge in [-0.05, 0) is 48.4 Å². The van der Waals surface area contributed by atoms with Crippen LogP contribution in [0.2, 0.25) is 0 Å². The maximum absolute atomic E-state index is 13.4. The number of amides is 3. The molecule has 0 aromatic heterocycles. The molecule has 40 heavy (non-hydrogen) atoms. The number of aliphatic hydroxyl groups excluding tert-OH is 1. The maximum Gasteiger partial charge on any atom is 0.249 e. The Morgan fingerprint density at radius 2 is 1.45 bits per heavy atom. The first-order valence-corrected chi connectivity index (χ1v) is 13.5. The molecule has 0 aliphatic heterocycles. The van der Waals surface area contributed by atoms with Crippen LogP contribution in [0, 0.1) is 5.92 Å². The number of phenolic OH excluding ortho intramolecular Hbond substituents is 1. The lowest BCUT2D eigenvalue weighted by Gasteiger charge is -2.25. The molecular weight excluding hydrogens is 512 g/mol. The maximum atomic E-state index is 13.4. The van der Waals surface area contributed by atoms with E-state index in [4.69, 9.17) is 11.5 Å². The molecule has 0 spiro atoms. The van der Waals surface area contributed by atoms with Crippen molar-refractivity contribution in [3.8, 4) is 5.75 Å². The Kier molecular flexibility index (Phi) is 13.4. The van der Waals surface area contributed by atoms with Gasteiger partial charge in [0.25, 0.3) is 0 Å². The van der Waals surface area contributed by atoms with Gasteiger partial charge in [-0.25, -0.2) is 0 Å². The fourth-order valence-electron chi connectivity index (χ4n) is 4.03. The number of aliphatic hydroxyl groups is 1. The zero-order valence-electron chi connectivity index (χ0n) is 23.2. The topological polar surface area (TPSA) is 192 Å². The van der Waals surface area contributed by atoms with Gasteiger partial charge in [0.2, 0.25) is 17.7 Å². The van der Waals surface area contributed by atoms with E-state index in [1.165, 1.54) is 12.1 Å². The second-order valence-electron chi connectivity index (χ2n) is 10.1. The van der Waals surface area contributed by atoms with Gasteiger partial charge >= 0.3 is 0 Å². The molecule has 11 heteroatoms. The molecule has 3 atom stereocenters. The number of aliphatic imine (C=N–C) groups is 1. The van der Waals surface area contributed by atoms with E-state index in [0.29, 0.717) is 37.9 Å². The number of aromatic hydroxyl groups is 1. The summed E-state index contributed by atoms with van der Waals surface area (Å²) >= 11 is 0. The quantitative estimate of drug-likeness (QED) is 0.0903. The van der Waals surface area contributed by atoms with E-state index >= 15 is 0 Å². The Morgan fingerprint density at radius 1 is 0.825 bits per heavy atom. The number of hydrogen-bond donors (Lipinski definition) is 7. The fourth-order valence-corrected chi connectivity index (χ4v) is 4.03. The molecule has 0 heterocycles. The monoisotopic (exact) mass is 554 g/mol. The highest BCUT2D eigenvalue weighted by Gasteiger charge is 2.29. The highest BCUT2D eigenvalue weighted by atomic mass is 16.3. The number of carbonyl (C=O) groups is 3. The number of benzene rings is 2. The fraction of sp³-hybridized carbons (Fsp3) is 0.448. The lowest BCUT2D eigenvalue weighted by atomic mass is 10.00. The Bertz CT molecular complexity index is 1100. The van der Waals surface area contributed by atoms with Crippen molar-refractivity contribution < 1.29 is 24.6 Å². The minimum absolute atomic E-state index is 0.0182. The van der Waals surface area contributed by atoms with Crippen LogP contribution in [0.4, 0.5) is 0 Å². The van der Waals surface area contributed by atoms with Crippen molar-refractivity contribution in [2.75, 3.05) is 13.1 Å². The number of unbranched alkanes of at least 4 members (excludes halogenated alkanes) is 1. The third kappa shape index (κ3) is 12.2. The van der Waals surface area contributed by atoms with Gasteiger partial charge in [0.05, 0.1) is 0 Å². The van der Waals surface area contributed by atoms with Crippen LogP contribution >= 0.6 is 0 Å². The molecule has 9 N–H and O–H groups in total. The van der Waals surface area contributed by atoms with Crippen molar-refractivity contribution in [1.29, 1.82) is 0 Å². The number of nitrogens with zero attached hydrogens (tertiary/aromatic N) is 1. The van der Waals surface area contributed by atoms with Gasteiger partial charge in [-0.3, -0.25) is 19.4 Å². The van der Waals surface area contributed by atoms with Crippen LogP contribution in [0.5, 0.6) is 5.75 Å². The van der Waals surface area contributed by atoms with E-state index < -0.39 is 30.0 Å². The summed E-state index contributed by atoms with van der Waals surface area (Å²) in [7, 11) is 0. The van der Waals surface area contributed by atoms with Gasteiger partial charge in [-0.1, -0.05) is 56.3 Å². The van der Waals surface area contributed by atoms with Crippen LogP contribution < -0.4 is 27.4 Å². The average molecular weight is 555 g/mol. The van der Waals surface area contributed by atoms with E-state index in [9.17, 15) is 24.6 Å². The third-order valence-corrected chi connectivity index (χ3v) is 6.10. The van der Waals surface area contributed by atoms with Crippen LogP contribution in [-0.2, 0) is 27.2 Å². The first kappa shape index (κ1) is 32.1. The van der Waals surface area contributed by atoms with Crippen LogP contribution in [0.1, 0.15) is 44.2 Å². The molecule has 3 amide bonds. The first-order chi connectivity index (χ1) is 19.0. The minimum atomic E-state index is -1.39. The number of guanidine groups is 1. The van der Waals surface area contributed by atoms with E-state index in [0.717, 1.165) is 5.56 Å². The number of carbonyl (C=O) groups excluding carboxylic acids is 3. The van der Waals surface area contributed by atoms with Crippen molar-refractivity contribution in [3.63, 3.8) is 0 Å². The number of rotatable bonds is 16. The summed E-state index contributed by atoms with van der Waals surface area (Å²) in [4.78, 5) is 43.2. The van der Waals surface area contributed by atoms with Gasteiger partial charge in [0.1, 0.15) is 23.9 Å². The Labute approximate surface area is 235 Å². The van der Waals surface area contributed by atoms with Gasteiger partial charge < -0.3 is 37.6 Å². The van der Waals surface area contributed by atoms with Crippen molar-refractivity contribution in [3.05, 3.63) is 65.7 Å². The summed E-state index contributed by atoms with van der Waals surface area (Å²) in [5.41, 5.74) is 12.2. The molecule has 0 aliphatic carbocycles. The third-order valence-electron chi connectivity index (χ3n) is 6.10. The summed E-state index contributed by atoms with van der Waals surface area (Å²) in [6.45, 7) is 4.67. The number of phenols is 1. The summed E-state index contributed by atoms with van der Waals surface area (Å²) < 4.78 is 0. The lowest BCUT2D eigenvalue weighted by Crippen LogP contribution is -2.56. The average Bonchev–Trinajstić information content (AvgIpc) is 2.91. The van der Waals surface area contributed by atoms with Crippen LogP contribution in [0.3, 0.4) is 0 Å². The second kappa shape index (κ2) is 16.8. The standard InChI is InChI=1S/C29H42N6O5/c1-19(2)16-23(35-28(40)25(37)18-21-10-12-22(36)13-11-21)27(39)34-24(17-20-8-4-3-5-9-20)26(38)32-14-6-7-15-33-29(30)31/h3-5,8-13,19,23-25,36-37H,6-7,14-18H2,1-2H3,(H,32,38)(H,34,39)(H,35,40)(H4,30,31,33). The van der Waals surface area contributed by atoms with E-state index in [-0.39, 0.29) is 36.4 Å². The summed E-state index contributed by atoms with van der Waals surface area (Å²) in [5.74, 6) is -1.40. The molecule has 0 aliphatic rings. The van der Waals surface area contributed by atoms with Crippen molar-refractivity contribution in [2.24, 2.45) is 22.4 Å². The molecule has 2 rings (SSSR count). The molecule has 0 fully saturated rings. The number of nitrogens with two attached hydrogens (primary N) is 2. The summed E-state index contributed by atoms with van der Waals surface area (Å²) in [5, 5.41) is 28.2. The lowest BCUT2D eigenvalue weighted by molar-refractivity contribution is -0.135. The van der Waals surface area contributed by atoms with Crippen molar-refractivity contribution in [1.82, 2.24) is 16.0 Å². The Morgan fingerprint density at radius 3 is 2.08 bits per heavy atom. The van der Waals surface area contributed by atoms with Crippen molar-refractivity contribution in [2.45, 2.75) is 64.1 Å². The van der Waals surface area contributed by atoms with Crippen LogP contribution in [0.15, 0.2) is 59.6 Å². The normalized spacial score (nSPS) is 13.1. The zero-order chi connectivity index (χ0) is 29.5. The molecule has 218 valence electrons. The minimum Gasteiger partial charge on any atom is -0.508 e. The molecule has 2 aromatic carbocycles. The molecule has 0 saturated carbocycles. The van der Waals surface area contributed by atoms with Gasteiger partial charge in [0.15, 0.2) is 5.96 Å². The van der Waals surface area contributed by atoms with Crippen molar-refractivity contribution >= 4 is 23.7 Å². The summed E-state index contributed by atoms with van der Waals surface area (Å²) in [6, 6.07) is 13.6. The molecule has 3 unspecified atom stereocenters. The Hall–Kier alpha value is -4.12. The van der Waals surface area contributed by atoms with E-state index in [2.05, 4.69) is 20.9 Å². The SMILES string of the molecule is CC(C)CC(NC(=O)C(O)Cc1ccc(O)cc1)C(=O)NC(Cc1ccccc1)C(=O)NCCCCN=C(N)N. The Balaban J connectivity index is 2.06. The predicted octanol–water partition coefficient (Wildman–Crippen LogP) is 0.724. The number of nitrogens with one attached hydrogen (secondary N) is 3. The first-order valence-electron chi connectivity index (χ1n) is 13.5. The largest absolute Gasteiger partial charge is 0.508 e. The molecule has 2 aromatic rings.